The van der Waals surface area contributed by atoms with E-state index in [4.69, 9.17) is 53.0 Å². The Labute approximate surface area is 671 Å². The van der Waals surface area contributed by atoms with E-state index in [2.05, 4.69) is 83.4 Å². The molecule has 612 valence electrons. The quantitative estimate of drug-likeness (QED) is 0.00548. The van der Waals surface area contributed by atoms with E-state index in [-0.39, 0.29) is 82.7 Å². The van der Waals surface area contributed by atoms with Crippen molar-refractivity contribution in [3.8, 4) is 56.8 Å². The van der Waals surface area contributed by atoms with Crippen molar-refractivity contribution in [3.63, 3.8) is 0 Å². The second-order valence-corrected chi connectivity index (χ2v) is 25.9. The number of fused-ring (bicyclic) bond motifs is 3. The zero-order valence-electron chi connectivity index (χ0n) is 65.4. The number of benzene rings is 6. The van der Waals surface area contributed by atoms with Crippen LogP contribution >= 0.6 is 23.2 Å². The van der Waals surface area contributed by atoms with Gasteiger partial charge in [-0.15, -0.1) is 0 Å². The largest absolute Gasteiger partial charge is 0.494 e. The lowest BCUT2D eigenvalue weighted by Gasteiger charge is -2.17. The molecule has 0 fully saturated rings. The molecule has 1 amide bonds. The second-order valence-electron chi connectivity index (χ2n) is 25.2. The van der Waals surface area contributed by atoms with Crippen molar-refractivity contribution < 1.29 is 74.9 Å². The first kappa shape index (κ1) is 90.3. The maximum absolute atomic E-state index is 15.0. The smallest absolute Gasteiger partial charge is 0.307 e. The highest BCUT2D eigenvalue weighted by Crippen LogP contribution is 2.40. The number of nitrogens with two attached hydrogens (primary N) is 1. The first-order chi connectivity index (χ1) is 55.1. The van der Waals surface area contributed by atoms with Crippen LogP contribution in [0.15, 0.2) is 135 Å². The monoisotopic (exact) mass is 1640 g/mol. The molecule has 0 aliphatic carbocycles. The molecule has 31 nitrogen and oxygen atoms in total. The summed E-state index contributed by atoms with van der Waals surface area (Å²) in [5.41, 5.74) is 11.3. The summed E-state index contributed by atoms with van der Waals surface area (Å²) >= 11 is 10.5. The lowest BCUT2D eigenvalue weighted by Crippen LogP contribution is -2.12. The number of carbonyl (C=O) groups is 2. The molecule has 0 spiro atoms. The number of nitrogens with zero attached hydrogens (tertiary/aromatic N) is 14. The molecule has 0 aliphatic rings. The van der Waals surface area contributed by atoms with Gasteiger partial charge in [0, 0.05) is 98.0 Å². The van der Waals surface area contributed by atoms with Crippen LogP contribution in [0.25, 0.3) is 66.9 Å². The number of rotatable bonds is 24. The van der Waals surface area contributed by atoms with E-state index in [1.807, 2.05) is 88.1 Å². The number of halogens is 7. The molecule has 0 atom stereocenters. The van der Waals surface area contributed by atoms with Crippen LogP contribution in [0.1, 0.15) is 77.1 Å². The Kier molecular flexibility index (Phi) is 32.5. The number of hydrogen-bond acceptors (Lipinski definition) is 25. The zero-order valence-corrected chi connectivity index (χ0v) is 66.9. The summed E-state index contributed by atoms with van der Waals surface area (Å²) in [4.78, 5) is 79.7. The molecule has 0 saturated carbocycles. The van der Waals surface area contributed by atoms with Gasteiger partial charge in [-0.3, -0.25) is 29.8 Å². The number of aryl methyl sites for hydroxylation is 3. The highest BCUT2D eigenvalue weighted by Gasteiger charge is 2.24. The summed E-state index contributed by atoms with van der Waals surface area (Å²) in [6, 6.07) is 22.1. The minimum atomic E-state index is -1.03. The predicted molar refractivity (Wildman–Crippen MR) is 432 cm³/mol. The van der Waals surface area contributed by atoms with E-state index in [0.717, 1.165) is 53.6 Å². The number of amides is 1. The molecule has 0 aliphatic heterocycles. The number of methoxy groups -OCH3 is 5. The lowest BCUT2D eigenvalue weighted by atomic mass is 10.1. The highest BCUT2D eigenvalue weighted by atomic mass is 35.5. The maximum atomic E-state index is 15.0. The van der Waals surface area contributed by atoms with Crippen LogP contribution in [0.4, 0.5) is 68.0 Å². The number of ether oxygens (including phenoxy) is 6. The third-order valence-corrected chi connectivity index (χ3v) is 16.7. The Morgan fingerprint density at radius 1 is 0.526 bits per heavy atom. The van der Waals surface area contributed by atoms with Gasteiger partial charge in [0.25, 0.3) is 0 Å². The molecule has 116 heavy (non-hydrogen) atoms. The van der Waals surface area contributed by atoms with Crippen molar-refractivity contribution in [3.05, 3.63) is 207 Å². The molecule has 38 heteroatoms. The number of imidazole rings is 3. The minimum Gasteiger partial charge on any atom is -0.494 e. The van der Waals surface area contributed by atoms with Gasteiger partial charge in [-0.1, -0.05) is 13.2 Å². The van der Waals surface area contributed by atoms with Gasteiger partial charge in [0.2, 0.25) is 40.0 Å². The van der Waals surface area contributed by atoms with E-state index >= 15 is 4.39 Å². The van der Waals surface area contributed by atoms with E-state index < -0.39 is 55.6 Å². The Bertz CT molecular complexity index is 5560. The molecular formula is C78H83Cl2F5N18O13. The summed E-state index contributed by atoms with van der Waals surface area (Å²) in [6.45, 7) is 25.4. The number of anilines is 6. The molecule has 12 rings (SSSR count). The van der Waals surface area contributed by atoms with Crippen LogP contribution in [0.2, 0.25) is 5.28 Å². The molecule has 6 aromatic heterocycles. The number of aliphatic hydroxyl groups is 1. The summed E-state index contributed by atoms with van der Waals surface area (Å²) < 4.78 is 108. The lowest BCUT2D eigenvalue weighted by molar-refractivity contribution is -0.387. The number of nitrogens with one attached hydrogen (secondary N) is 3. The number of nitro benzene ring substituents is 2. The maximum Gasteiger partial charge on any atom is 0.307 e. The summed E-state index contributed by atoms with van der Waals surface area (Å²) in [5, 5.41) is 37.6. The fraction of sp³-hybridized carbons (Fsp3) is 0.269. The molecule has 0 bridgehead atoms. The van der Waals surface area contributed by atoms with Crippen molar-refractivity contribution >= 4 is 113 Å². The molecule has 0 radical (unpaired) electrons. The summed E-state index contributed by atoms with van der Waals surface area (Å²) in [5.74, 6) is -0.182. The number of aromatic nitrogens is 12. The molecule has 6 aromatic carbocycles. The average molecular weight is 1650 g/mol. The van der Waals surface area contributed by atoms with Crippen LogP contribution in [-0.2, 0) is 19.1 Å². The summed E-state index contributed by atoms with van der Waals surface area (Å²) in [6.07, 6.45) is 6.79. The number of hydrogen-bond donors (Lipinski definition) is 5. The van der Waals surface area contributed by atoms with Gasteiger partial charge in [0.05, 0.1) is 107 Å². The fourth-order valence-electron chi connectivity index (χ4n) is 11.5. The standard InChI is InChI=1S/C28H31FN6O4.C22H20F2N6O3.C15H14ClFN4.C7H7FN2O3.C3H3ClO.C3H8O2/c1-7-26(36)32-22-14-21(24(38-6)15-25(22)39-11-10-37-5)34-28-30-9-8-20(33-28)18-12-19(29)27-23(13-18)35(16(2)3)17(4)31-27;1-11(2)29-12(3)26-21-15(24)7-13(8-19(21)29)16-5-6-25-22(27-16)28-17-10-18(30(31)32)14(23)9-20(17)33-4;1-8(2)21-9(3)19-14-11(17)6-10(7-13(14)21)12-4-5-18-15(16)20-12;1-13-7-2-4(8)6(10(11)12)3-5(7)9;1-2-3(4)5;1-5-3-2-4/h7-9,12-16H,1,10-11H2,2-6H3,(H,32,36)(H,30,33,34);5-11H,1-4H3,(H,25,27,28);4-8H,1-3H3;2-3H,9H2,1H3;2H,1H2;4H,2-3H2,1H3. The summed E-state index contributed by atoms with van der Waals surface area (Å²) in [7, 11) is 7.24. The van der Waals surface area contributed by atoms with Gasteiger partial charge in [0.1, 0.15) is 63.6 Å². The van der Waals surface area contributed by atoms with Crippen molar-refractivity contribution in [1.82, 2.24) is 58.6 Å². The van der Waals surface area contributed by atoms with Gasteiger partial charge < -0.3 is 68.9 Å². The number of aliphatic hydroxyl groups excluding tert-OH is 1. The van der Waals surface area contributed by atoms with Crippen LogP contribution in [0.3, 0.4) is 0 Å². The topological polar surface area (TPSA) is 389 Å². The first-order valence-corrected chi connectivity index (χ1v) is 35.6. The Morgan fingerprint density at radius 3 is 1.28 bits per heavy atom. The fourth-order valence-corrected chi connectivity index (χ4v) is 11.6. The van der Waals surface area contributed by atoms with E-state index in [0.29, 0.717) is 97.8 Å². The zero-order chi connectivity index (χ0) is 85.5. The minimum absolute atomic E-state index is 0.0376. The van der Waals surface area contributed by atoms with Crippen molar-refractivity contribution in [2.75, 3.05) is 83.7 Å². The molecule has 6 heterocycles. The number of nitro groups is 2. The van der Waals surface area contributed by atoms with E-state index in [1.165, 1.54) is 45.7 Å². The van der Waals surface area contributed by atoms with Crippen molar-refractivity contribution in [2.24, 2.45) is 0 Å². The van der Waals surface area contributed by atoms with Crippen LogP contribution in [0.5, 0.6) is 23.0 Å². The number of carbonyl (C=O) groups excluding carboxylic acids is 2. The Hall–Kier alpha value is -12.9. The average Bonchev–Trinajstić information content (AvgIpc) is 1.62. The Balaban J connectivity index is 0.000000216. The van der Waals surface area contributed by atoms with Gasteiger partial charge in [-0.2, -0.15) is 8.78 Å². The van der Waals surface area contributed by atoms with E-state index in [9.17, 15) is 47.4 Å². The predicted octanol–water partition coefficient (Wildman–Crippen LogP) is 16.8. The van der Waals surface area contributed by atoms with Gasteiger partial charge >= 0.3 is 11.4 Å². The van der Waals surface area contributed by atoms with Crippen LogP contribution in [0, 0.1) is 70.1 Å². The third-order valence-electron chi connectivity index (χ3n) is 16.3. The van der Waals surface area contributed by atoms with Crippen LogP contribution in [-0.4, -0.2) is 147 Å². The molecule has 0 unspecified atom stereocenters. The van der Waals surface area contributed by atoms with Gasteiger partial charge in [-0.25, -0.2) is 58.0 Å². The van der Waals surface area contributed by atoms with Crippen LogP contribution < -0.4 is 40.6 Å². The molecule has 12 aromatic rings. The molecular weight excluding hydrogens is 1560 g/mol. The highest BCUT2D eigenvalue weighted by molar-refractivity contribution is 6.66. The number of allylic oxidation sites excluding steroid dienone is 1. The van der Waals surface area contributed by atoms with Gasteiger partial charge in [-0.05, 0) is 158 Å². The van der Waals surface area contributed by atoms with Gasteiger partial charge in [0.15, 0.2) is 17.5 Å². The number of nitrogen functional groups attached to an aromatic ring is 1. The normalized spacial score (nSPS) is 10.7. The third kappa shape index (κ3) is 22.9. The van der Waals surface area contributed by atoms with E-state index in [1.54, 1.807) is 63.0 Å². The van der Waals surface area contributed by atoms with Crippen molar-refractivity contribution in [2.45, 2.75) is 80.4 Å². The van der Waals surface area contributed by atoms with Crippen molar-refractivity contribution in [1.29, 1.82) is 0 Å². The Morgan fingerprint density at radius 2 is 0.914 bits per heavy atom. The molecule has 0 saturated heterocycles. The second kappa shape index (κ2) is 41.8. The first-order valence-electron chi connectivity index (χ1n) is 34.9. The molecule has 6 N–H and O–H groups in total. The SMILES string of the molecule is C=CC(=O)Cl.C=CC(=O)Nc1cc(Nc2nccc(-c3cc(F)c4nc(C)n(C(C)C)c4c3)n2)c(OC)cc1OCCOC.COCCO.COc1cc(F)c([N+](=O)[O-])cc1N.COc1cc(F)c([N+](=O)[O-])cc1Nc1nccc(-c2cc(F)c3nc(C)n(C(C)C)c3c2)n1.Cc1nc2c(F)cc(-c3ccnc(Cl)n3)cc2n1C(C)C.